The summed E-state index contributed by atoms with van der Waals surface area (Å²) < 4.78 is 0. The molecule has 0 aromatic carbocycles. The number of hydrogen-bond acceptors (Lipinski definition) is 4. The quantitative estimate of drug-likeness (QED) is 0.304. The summed E-state index contributed by atoms with van der Waals surface area (Å²) in [5, 5.41) is 12.0. The van der Waals surface area contributed by atoms with Crippen LogP contribution in [0.5, 0.6) is 0 Å². The second-order valence-electron chi connectivity index (χ2n) is 3.32. The van der Waals surface area contributed by atoms with Crippen molar-refractivity contribution in [1.82, 2.24) is 4.90 Å². The van der Waals surface area contributed by atoms with Gasteiger partial charge in [-0.15, -0.1) is 0 Å². The van der Waals surface area contributed by atoms with Crippen LogP contribution in [0.4, 0.5) is 0 Å². The standard InChI is InChI=1S/C8H17N3OS/c1-7-6-11(4-5-13-7)3-2-8(9)10-12/h7,12H,2-6H2,1H3,(H2,9,10). The minimum atomic E-state index is 0.325. The Morgan fingerprint density at radius 1 is 1.77 bits per heavy atom. The number of thioether (sulfide) groups is 1. The molecule has 0 saturated carbocycles. The fraction of sp³-hybridized carbons (Fsp3) is 0.875. The summed E-state index contributed by atoms with van der Waals surface area (Å²) in [5.41, 5.74) is 5.39. The summed E-state index contributed by atoms with van der Waals surface area (Å²) in [4.78, 5) is 2.36. The van der Waals surface area contributed by atoms with Crippen LogP contribution in [0.3, 0.4) is 0 Å². The van der Waals surface area contributed by atoms with Gasteiger partial charge in [-0.25, -0.2) is 0 Å². The molecule has 1 heterocycles. The van der Waals surface area contributed by atoms with Crippen LogP contribution in [0.15, 0.2) is 5.16 Å². The second-order valence-corrected chi connectivity index (χ2v) is 4.87. The lowest BCUT2D eigenvalue weighted by molar-refractivity contribution is 0.288. The summed E-state index contributed by atoms with van der Waals surface area (Å²) in [5.74, 6) is 1.52. The molecule has 1 unspecified atom stereocenters. The van der Waals surface area contributed by atoms with E-state index in [0.29, 0.717) is 17.5 Å². The second kappa shape index (κ2) is 5.34. The lowest BCUT2D eigenvalue weighted by atomic mass is 10.3. The number of oxime groups is 1. The first kappa shape index (κ1) is 10.7. The Bertz CT molecular complexity index is 186. The molecule has 0 bridgehead atoms. The zero-order chi connectivity index (χ0) is 9.68. The van der Waals surface area contributed by atoms with E-state index in [-0.39, 0.29) is 0 Å². The molecule has 13 heavy (non-hydrogen) atoms. The fourth-order valence-corrected chi connectivity index (χ4v) is 2.50. The maximum atomic E-state index is 8.36. The van der Waals surface area contributed by atoms with Crippen molar-refractivity contribution in [2.24, 2.45) is 10.9 Å². The summed E-state index contributed by atoms with van der Waals surface area (Å²) in [6.07, 6.45) is 0.661. The minimum absolute atomic E-state index is 0.325. The van der Waals surface area contributed by atoms with E-state index in [0.717, 1.165) is 19.6 Å². The first-order valence-corrected chi connectivity index (χ1v) is 5.57. The Kier molecular flexibility index (Phi) is 4.38. The summed E-state index contributed by atoms with van der Waals surface area (Å²) >= 11 is 2.01. The third-order valence-corrected chi connectivity index (χ3v) is 3.27. The van der Waals surface area contributed by atoms with Crippen molar-refractivity contribution in [3.05, 3.63) is 0 Å². The summed E-state index contributed by atoms with van der Waals surface area (Å²) in [7, 11) is 0. The minimum Gasteiger partial charge on any atom is -0.409 e. The van der Waals surface area contributed by atoms with Crippen molar-refractivity contribution in [1.29, 1.82) is 0 Å². The van der Waals surface area contributed by atoms with E-state index in [4.69, 9.17) is 10.9 Å². The van der Waals surface area contributed by atoms with Gasteiger partial charge in [-0.1, -0.05) is 12.1 Å². The van der Waals surface area contributed by atoms with Crippen molar-refractivity contribution >= 4 is 17.6 Å². The molecule has 0 aromatic heterocycles. The Morgan fingerprint density at radius 3 is 3.15 bits per heavy atom. The lowest BCUT2D eigenvalue weighted by Crippen LogP contribution is -2.38. The smallest absolute Gasteiger partial charge is 0.140 e. The molecule has 1 aliphatic heterocycles. The van der Waals surface area contributed by atoms with Crippen molar-refractivity contribution in [2.45, 2.75) is 18.6 Å². The molecule has 1 fully saturated rings. The van der Waals surface area contributed by atoms with Gasteiger partial charge in [0.1, 0.15) is 5.84 Å². The van der Waals surface area contributed by atoms with Gasteiger partial charge in [0, 0.05) is 37.1 Å². The van der Waals surface area contributed by atoms with Crippen LogP contribution in [0.1, 0.15) is 13.3 Å². The van der Waals surface area contributed by atoms with Crippen LogP contribution in [0, 0.1) is 0 Å². The van der Waals surface area contributed by atoms with Gasteiger partial charge in [0.2, 0.25) is 0 Å². The van der Waals surface area contributed by atoms with Gasteiger partial charge in [0.05, 0.1) is 0 Å². The van der Waals surface area contributed by atoms with Gasteiger partial charge in [0.15, 0.2) is 0 Å². The predicted octanol–water partition coefficient (Wildman–Crippen LogP) is 0.560. The van der Waals surface area contributed by atoms with Crippen LogP contribution in [-0.4, -0.2) is 46.6 Å². The van der Waals surface area contributed by atoms with E-state index in [1.54, 1.807) is 0 Å². The third kappa shape index (κ3) is 3.87. The average molecular weight is 203 g/mol. The third-order valence-electron chi connectivity index (χ3n) is 2.14. The molecule has 0 radical (unpaired) electrons. The molecule has 0 amide bonds. The molecular formula is C8H17N3OS. The van der Waals surface area contributed by atoms with E-state index >= 15 is 0 Å². The van der Waals surface area contributed by atoms with E-state index in [1.165, 1.54) is 5.75 Å². The number of nitrogens with zero attached hydrogens (tertiary/aromatic N) is 2. The average Bonchev–Trinajstić information content (AvgIpc) is 2.14. The first-order valence-electron chi connectivity index (χ1n) is 4.52. The SMILES string of the molecule is CC1CN(CCC(N)=NO)CCS1. The molecular weight excluding hydrogens is 186 g/mol. The van der Waals surface area contributed by atoms with Gasteiger partial charge in [0.25, 0.3) is 0 Å². The topological polar surface area (TPSA) is 61.8 Å². The van der Waals surface area contributed by atoms with Gasteiger partial charge >= 0.3 is 0 Å². The maximum absolute atomic E-state index is 8.36. The van der Waals surface area contributed by atoms with Crippen LogP contribution in [0.2, 0.25) is 0 Å². The van der Waals surface area contributed by atoms with Gasteiger partial charge < -0.3 is 15.8 Å². The van der Waals surface area contributed by atoms with Crippen molar-refractivity contribution in [3.63, 3.8) is 0 Å². The van der Waals surface area contributed by atoms with Crippen molar-refractivity contribution < 1.29 is 5.21 Å². The summed E-state index contributed by atoms with van der Waals surface area (Å²) in [6, 6.07) is 0. The first-order chi connectivity index (χ1) is 6.22. The number of rotatable bonds is 3. The molecule has 3 N–H and O–H groups in total. The van der Waals surface area contributed by atoms with Crippen LogP contribution < -0.4 is 5.73 Å². The Morgan fingerprint density at radius 2 is 2.54 bits per heavy atom. The van der Waals surface area contributed by atoms with E-state index in [9.17, 15) is 0 Å². The summed E-state index contributed by atoms with van der Waals surface area (Å²) in [6.45, 7) is 5.37. The predicted molar refractivity (Wildman–Crippen MR) is 56.4 cm³/mol. The highest BCUT2D eigenvalue weighted by Gasteiger charge is 2.16. The highest BCUT2D eigenvalue weighted by atomic mass is 32.2. The molecule has 5 heteroatoms. The van der Waals surface area contributed by atoms with Gasteiger partial charge in [-0.05, 0) is 0 Å². The Labute approximate surface area is 83.2 Å². The number of amidine groups is 1. The monoisotopic (exact) mass is 203 g/mol. The van der Waals surface area contributed by atoms with E-state index in [1.807, 2.05) is 11.8 Å². The zero-order valence-electron chi connectivity index (χ0n) is 7.94. The Hall–Kier alpha value is -0.420. The molecule has 0 aromatic rings. The van der Waals surface area contributed by atoms with Crippen LogP contribution >= 0.6 is 11.8 Å². The van der Waals surface area contributed by atoms with E-state index in [2.05, 4.69) is 17.0 Å². The molecule has 1 aliphatic rings. The molecule has 1 rings (SSSR count). The Balaban J connectivity index is 2.20. The molecule has 1 atom stereocenters. The van der Waals surface area contributed by atoms with Crippen molar-refractivity contribution in [2.75, 3.05) is 25.4 Å². The largest absolute Gasteiger partial charge is 0.409 e. The molecule has 1 saturated heterocycles. The zero-order valence-corrected chi connectivity index (χ0v) is 8.76. The molecule has 0 spiro atoms. The maximum Gasteiger partial charge on any atom is 0.140 e. The molecule has 0 aliphatic carbocycles. The molecule has 4 nitrogen and oxygen atoms in total. The van der Waals surface area contributed by atoms with Crippen LogP contribution in [-0.2, 0) is 0 Å². The van der Waals surface area contributed by atoms with Crippen LogP contribution in [0.25, 0.3) is 0 Å². The lowest BCUT2D eigenvalue weighted by Gasteiger charge is -2.30. The highest BCUT2D eigenvalue weighted by Crippen LogP contribution is 2.17. The van der Waals surface area contributed by atoms with Gasteiger partial charge in [-0.3, -0.25) is 0 Å². The highest BCUT2D eigenvalue weighted by molar-refractivity contribution is 7.99. The molecule has 76 valence electrons. The number of nitrogens with two attached hydrogens (primary N) is 1. The van der Waals surface area contributed by atoms with Crippen molar-refractivity contribution in [3.8, 4) is 0 Å². The van der Waals surface area contributed by atoms with Gasteiger partial charge in [-0.2, -0.15) is 11.8 Å². The fourth-order valence-electron chi connectivity index (χ4n) is 1.42. The normalized spacial score (nSPS) is 26.2. The number of hydrogen-bond donors (Lipinski definition) is 2. The van der Waals surface area contributed by atoms with E-state index < -0.39 is 0 Å².